The van der Waals surface area contributed by atoms with Gasteiger partial charge in [-0.2, -0.15) is 0 Å². The van der Waals surface area contributed by atoms with Gasteiger partial charge in [0, 0.05) is 38.5 Å². The van der Waals surface area contributed by atoms with Gasteiger partial charge in [0.15, 0.2) is 0 Å². The molecule has 2 aliphatic rings. The van der Waals surface area contributed by atoms with Crippen molar-refractivity contribution in [2.24, 2.45) is 5.92 Å². The van der Waals surface area contributed by atoms with Crippen molar-refractivity contribution in [2.45, 2.75) is 44.9 Å². The second-order valence-corrected chi connectivity index (χ2v) is 7.20. The van der Waals surface area contributed by atoms with E-state index in [2.05, 4.69) is 19.1 Å². The van der Waals surface area contributed by atoms with E-state index in [1.807, 2.05) is 28.0 Å². The molecule has 0 radical (unpaired) electrons. The maximum atomic E-state index is 12.5. The third-order valence-electron chi connectivity index (χ3n) is 5.46. The Morgan fingerprint density at radius 3 is 2.25 bits per heavy atom. The summed E-state index contributed by atoms with van der Waals surface area (Å²) in [4.78, 5) is 29.0. The zero-order valence-corrected chi connectivity index (χ0v) is 14.6. The topological polar surface area (TPSA) is 40.6 Å². The van der Waals surface area contributed by atoms with E-state index in [0.717, 1.165) is 51.9 Å². The highest BCUT2D eigenvalue weighted by molar-refractivity contribution is 5.80. The lowest BCUT2D eigenvalue weighted by atomic mass is 9.93. The van der Waals surface area contributed by atoms with E-state index in [0.29, 0.717) is 12.3 Å². The molecular weight excluding hydrogens is 300 g/mol. The third kappa shape index (κ3) is 3.97. The van der Waals surface area contributed by atoms with Crippen LogP contribution in [0, 0.1) is 5.92 Å². The summed E-state index contributed by atoms with van der Waals surface area (Å²) in [6.07, 6.45) is 4.47. The van der Waals surface area contributed by atoms with Gasteiger partial charge in [-0.3, -0.25) is 9.59 Å². The summed E-state index contributed by atoms with van der Waals surface area (Å²) < 4.78 is 0. The standard InChI is InChI=1S/C20H28N2O2/c1-16(17-7-3-2-4-8-17)15-19(23)21-13-9-18(10-14-21)20(24)22-11-5-6-12-22/h2-4,7-8,16,18H,5-6,9-15H2,1H3. The molecule has 2 heterocycles. The fourth-order valence-electron chi connectivity index (χ4n) is 3.86. The van der Waals surface area contributed by atoms with Crippen molar-refractivity contribution in [3.05, 3.63) is 35.9 Å². The van der Waals surface area contributed by atoms with Crippen LogP contribution in [0.2, 0.25) is 0 Å². The molecule has 2 fully saturated rings. The first-order valence-corrected chi connectivity index (χ1v) is 9.26. The Bertz CT molecular complexity index is 558. The number of amides is 2. The van der Waals surface area contributed by atoms with E-state index in [1.165, 1.54) is 5.56 Å². The fraction of sp³-hybridized carbons (Fsp3) is 0.600. The molecule has 0 spiro atoms. The largest absolute Gasteiger partial charge is 0.343 e. The van der Waals surface area contributed by atoms with Crippen molar-refractivity contribution in [1.82, 2.24) is 9.80 Å². The summed E-state index contributed by atoms with van der Waals surface area (Å²) >= 11 is 0. The lowest BCUT2D eigenvalue weighted by Crippen LogP contribution is -2.44. The van der Waals surface area contributed by atoms with Crippen LogP contribution in [0.4, 0.5) is 0 Å². The lowest BCUT2D eigenvalue weighted by molar-refractivity contribution is -0.140. The van der Waals surface area contributed by atoms with E-state index >= 15 is 0 Å². The number of rotatable bonds is 4. The summed E-state index contributed by atoms with van der Waals surface area (Å²) in [7, 11) is 0. The molecule has 0 aliphatic carbocycles. The van der Waals surface area contributed by atoms with Gasteiger partial charge in [0.1, 0.15) is 0 Å². The molecule has 2 saturated heterocycles. The predicted molar refractivity (Wildman–Crippen MR) is 94.6 cm³/mol. The van der Waals surface area contributed by atoms with Crippen LogP contribution >= 0.6 is 0 Å². The SMILES string of the molecule is CC(CC(=O)N1CCC(C(=O)N2CCCC2)CC1)c1ccccc1. The van der Waals surface area contributed by atoms with Crippen LogP contribution in [-0.4, -0.2) is 47.8 Å². The molecule has 0 saturated carbocycles. The highest BCUT2D eigenvalue weighted by Gasteiger charge is 2.31. The van der Waals surface area contributed by atoms with E-state index in [4.69, 9.17) is 0 Å². The lowest BCUT2D eigenvalue weighted by Gasteiger charge is -2.33. The first kappa shape index (κ1) is 17.0. The first-order valence-electron chi connectivity index (χ1n) is 9.26. The number of likely N-dealkylation sites (tertiary alicyclic amines) is 2. The summed E-state index contributed by atoms with van der Waals surface area (Å²) in [5, 5.41) is 0. The molecule has 2 amide bonds. The molecule has 1 aromatic carbocycles. The van der Waals surface area contributed by atoms with Gasteiger partial charge in [0.2, 0.25) is 11.8 Å². The smallest absolute Gasteiger partial charge is 0.225 e. The predicted octanol–water partition coefficient (Wildman–Crippen LogP) is 3.04. The Balaban J connectivity index is 1.47. The minimum atomic E-state index is 0.124. The Morgan fingerprint density at radius 1 is 1.00 bits per heavy atom. The van der Waals surface area contributed by atoms with Crippen molar-refractivity contribution in [1.29, 1.82) is 0 Å². The second-order valence-electron chi connectivity index (χ2n) is 7.20. The van der Waals surface area contributed by atoms with Crippen LogP contribution in [0.15, 0.2) is 30.3 Å². The van der Waals surface area contributed by atoms with E-state index < -0.39 is 0 Å². The van der Waals surface area contributed by atoms with Gasteiger partial charge >= 0.3 is 0 Å². The monoisotopic (exact) mass is 328 g/mol. The minimum absolute atomic E-state index is 0.124. The minimum Gasteiger partial charge on any atom is -0.343 e. The van der Waals surface area contributed by atoms with Gasteiger partial charge in [0.05, 0.1) is 0 Å². The first-order chi connectivity index (χ1) is 11.6. The van der Waals surface area contributed by atoms with Crippen molar-refractivity contribution in [2.75, 3.05) is 26.2 Å². The molecule has 3 rings (SSSR count). The van der Waals surface area contributed by atoms with Crippen LogP contribution in [0.25, 0.3) is 0 Å². The van der Waals surface area contributed by atoms with Gasteiger partial charge in [-0.1, -0.05) is 37.3 Å². The van der Waals surface area contributed by atoms with Crippen LogP contribution in [-0.2, 0) is 9.59 Å². The van der Waals surface area contributed by atoms with Gasteiger partial charge in [0.25, 0.3) is 0 Å². The maximum Gasteiger partial charge on any atom is 0.225 e. The van der Waals surface area contributed by atoms with E-state index in [-0.39, 0.29) is 17.7 Å². The van der Waals surface area contributed by atoms with Crippen molar-refractivity contribution < 1.29 is 9.59 Å². The van der Waals surface area contributed by atoms with Crippen LogP contribution in [0.5, 0.6) is 0 Å². The van der Waals surface area contributed by atoms with Crippen molar-refractivity contribution in [3.8, 4) is 0 Å². The number of nitrogens with zero attached hydrogens (tertiary/aromatic N) is 2. The van der Waals surface area contributed by atoms with E-state index in [9.17, 15) is 9.59 Å². The average Bonchev–Trinajstić information content (AvgIpc) is 3.16. The average molecular weight is 328 g/mol. The number of piperidine rings is 1. The van der Waals surface area contributed by atoms with Gasteiger partial charge in [-0.05, 0) is 37.2 Å². The van der Waals surface area contributed by atoms with Gasteiger partial charge < -0.3 is 9.80 Å². The van der Waals surface area contributed by atoms with Gasteiger partial charge in [-0.15, -0.1) is 0 Å². The van der Waals surface area contributed by atoms with E-state index in [1.54, 1.807) is 0 Å². The highest BCUT2D eigenvalue weighted by Crippen LogP contribution is 2.25. The number of carbonyl (C=O) groups excluding carboxylic acids is 2. The van der Waals surface area contributed by atoms with Crippen molar-refractivity contribution in [3.63, 3.8) is 0 Å². The molecule has 4 heteroatoms. The summed E-state index contributed by atoms with van der Waals surface area (Å²) in [6.45, 7) is 5.41. The normalized spacial score (nSPS) is 20.2. The number of hydrogen-bond donors (Lipinski definition) is 0. The molecule has 24 heavy (non-hydrogen) atoms. The quantitative estimate of drug-likeness (QED) is 0.852. The number of benzene rings is 1. The number of hydrogen-bond acceptors (Lipinski definition) is 2. The highest BCUT2D eigenvalue weighted by atomic mass is 16.2. The Hall–Kier alpha value is -1.84. The van der Waals surface area contributed by atoms with Crippen molar-refractivity contribution >= 4 is 11.8 Å². The molecule has 130 valence electrons. The molecule has 1 aromatic rings. The molecule has 4 nitrogen and oxygen atoms in total. The van der Waals surface area contributed by atoms with Crippen LogP contribution in [0.3, 0.4) is 0 Å². The Morgan fingerprint density at radius 2 is 1.62 bits per heavy atom. The second kappa shape index (κ2) is 7.82. The molecule has 0 aromatic heterocycles. The Kier molecular flexibility index (Phi) is 5.54. The zero-order valence-electron chi connectivity index (χ0n) is 14.6. The number of carbonyl (C=O) groups is 2. The summed E-state index contributed by atoms with van der Waals surface area (Å²) in [5.41, 5.74) is 1.21. The zero-order chi connectivity index (χ0) is 16.9. The third-order valence-corrected chi connectivity index (χ3v) is 5.46. The molecule has 0 N–H and O–H groups in total. The van der Waals surface area contributed by atoms with Gasteiger partial charge in [-0.25, -0.2) is 0 Å². The molecular formula is C20H28N2O2. The molecule has 1 unspecified atom stereocenters. The molecule has 0 bridgehead atoms. The maximum absolute atomic E-state index is 12.5. The van der Waals surface area contributed by atoms with Crippen LogP contribution in [0.1, 0.15) is 50.5 Å². The molecule has 2 aliphatic heterocycles. The summed E-state index contributed by atoms with van der Waals surface area (Å²) in [6, 6.07) is 10.2. The van der Waals surface area contributed by atoms with Crippen LogP contribution < -0.4 is 0 Å². The summed E-state index contributed by atoms with van der Waals surface area (Å²) in [5.74, 6) is 0.900. The molecule has 1 atom stereocenters. The fourth-order valence-corrected chi connectivity index (χ4v) is 3.86. The Labute approximate surface area is 144 Å².